The third-order valence-electron chi connectivity index (χ3n) is 5.02. The Morgan fingerprint density at radius 2 is 1.74 bits per heavy atom. The van der Waals surface area contributed by atoms with Crippen molar-refractivity contribution in [1.29, 1.82) is 0 Å². The summed E-state index contributed by atoms with van der Waals surface area (Å²) in [5.41, 5.74) is 0.273. The number of ketones is 1. The summed E-state index contributed by atoms with van der Waals surface area (Å²) in [5, 5.41) is 20.7. The molecule has 0 bridgehead atoms. The van der Waals surface area contributed by atoms with Crippen molar-refractivity contribution in [3.8, 4) is 11.5 Å². The first-order chi connectivity index (χ1) is 14.5. The van der Waals surface area contributed by atoms with Gasteiger partial charge in [0, 0.05) is 11.1 Å². The SMILES string of the molecule is CC(C)COc1ccc(N2C(=O)C(O)=C(C(=O)C(C)(C)C)C2c2cccc(O)c2)cc1. The quantitative estimate of drug-likeness (QED) is 0.687. The number of amides is 1. The Balaban J connectivity index is 2.07. The first-order valence-corrected chi connectivity index (χ1v) is 10.3. The number of aliphatic hydroxyl groups excluding tert-OH is 1. The van der Waals surface area contributed by atoms with Crippen LogP contribution in [0.5, 0.6) is 11.5 Å². The number of hydrogen-bond acceptors (Lipinski definition) is 5. The number of aliphatic hydroxyl groups is 1. The van der Waals surface area contributed by atoms with E-state index < -0.39 is 23.1 Å². The number of carbonyl (C=O) groups is 2. The number of nitrogens with zero attached hydrogens (tertiary/aromatic N) is 1. The number of benzene rings is 2. The van der Waals surface area contributed by atoms with Gasteiger partial charge < -0.3 is 14.9 Å². The Bertz CT molecular complexity index is 1010. The molecule has 164 valence electrons. The molecular formula is C25H29NO5. The molecule has 1 aliphatic rings. The van der Waals surface area contributed by atoms with Gasteiger partial charge in [-0.15, -0.1) is 0 Å². The molecule has 0 aliphatic carbocycles. The maximum Gasteiger partial charge on any atom is 0.294 e. The molecule has 1 heterocycles. The minimum Gasteiger partial charge on any atom is -0.508 e. The third kappa shape index (κ3) is 4.58. The molecule has 0 aromatic heterocycles. The molecule has 1 amide bonds. The van der Waals surface area contributed by atoms with Crippen LogP contribution in [-0.4, -0.2) is 28.5 Å². The number of Topliss-reactive ketones (excluding diaryl/α,β-unsaturated/α-hetero) is 1. The summed E-state index contributed by atoms with van der Waals surface area (Å²) in [7, 11) is 0. The molecule has 0 saturated heterocycles. The number of rotatable bonds is 6. The average molecular weight is 424 g/mol. The highest BCUT2D eigenvalue weighted by Crippen LogP contribution is 2.44. The minimum atomic E-state index is -0.853. The zero-order valence-corrected chi connectivity index (χ0v) is 18.5. The Hall–Kier alpha value is -3.28. The average Bonchev–Trinajstić information content (AvgIpc) is 2.96. The molecular weight excluding hydrogens is 394 g/mol. The first-order valence-electron chi connectivity index (χ1n) is 10.3. The fourth-order valence-corrected chi connectivity index (χ4v) is 3.48. The molecule has 31 heavy (non-hydrogen) atoms. The molecule has 2 aromatic rings. The maximum atomic E-state index is 13.2. The van der Waals surface area contributed by atoms with Crippen LogP contribution >= 0.6 is 0 Å². The van der Waals surface area contributed by atoms with Gasteiger partial charge in [-0.1, -0.05) is 46.8 Å². The molecule has 6 heteroatoms. The van der Waals surface area contributed by atoms with E-state index in [0.717, 1.165) is 0 Å². The van der Waals surface area contributed by atoms with E-state index in [2.05, 4.69) is 13.8 Å². The van der Waals surface area contributed by atoms with Crippen LogP contribution in [0, 0.1) is 11.3 Å². The van der Waals surface area contributed by atoms with Crippen molar-refractivity contribution in [2.75, 3.05) is 11.5 Å². The van der Waals surface area contributed by atoms with E-state index >= 15 is 0 Å². The van der Waals surface area contributed by atoms with Gasteiger partial charge in [0.15, 0.2) is 11.5 Å². The Morgan fingerprint density at radius 1 is 1.10 bits per heavy atom. The Kier molecular flexibility index (Phi) is 6.11. The molecule has 0 spiro atoms. The van der Waals surface area contributed by atoms with Crippen molar-refractivity contribution < 1.29 is 24.5 Å². The fraction of sp³-hybridized carbons (Fsp3) is 0.360. The zero-order valence-electron chi connectivity index (χ0n) is 18.5. The van der Waals surface area contributed by atoms with Crippen molar-refractivity contribution in [2.45, 2.75) is 40.7 Å². The second kappa shape index (κ2) is 8.46. The van der Waals surface area contributed by atoms with Crippen LogP contribution in [0.15, 0.2) is 59.9 Å². The second-order valence-corrected chi connectivity index (χ2v) is 9.21. The van der Waals surface area contributed by atoms with Gasteiger partial charge in [-0.25, -0.2) is 0 Å². The molecule has 0 radical (unpaired) electrons. The monoisotopic (exact) mass is 423 g/mol. The lowest BCUT2D eigenvalue weighted by Crippen LogP contribution is -2.32. The summed E-state index contributed by atoms with van der Waals surface area (Å²) >= 11 is 0. The van der Waals surface area contributed by atoms with E-state index in [4.69, 9.17) is 4.74 Å². The second-order valence-electron chi connectivity index (χ2n) is 9.21. The van der Waals surface area contributed by atoms with Crippen molar-refractivity contribution in [3.63, 3.8) is 0 Å². The first kappa shape index (κ1) is 22.4. The molecule has 1 aliphatic heterocycles. The highest BCUT2D eigenvalue weighted by atomic mass is 16.5. The largest absolute Gasteiger partial charge is 0.508 e. The number of phenolic OH excluding ortho intramolecular Hbond substituents is 1. The van der Waals surface area contributed by atoms with Gasteiger partial charge in [0.05, 0.1) is 18.2 Å². The van der Waals surface area contributed by atoms with Crippen molar-refractivity contribution in [2.24, 2.45) is 11.3 Å². The third-order valence-corrected chi connectivity index (χ3v) is 5.02. The van der Waals surface area contributed by atoms with Gasteiger partial charge in [0.1, 0.15) is 11.5 Å². The highest BCUT2D eigenvalue weighted by Gasteiger charge is 2.46. The Labute approximate surface area is 182 Å². The van der Waals surface area contributed by atoms with E-state index in [0.29, 0.717) is 29.5 Å². The van der Waals surface area contributed by atoms with E-state index in [9.17, 15) is 19.8 Å². The topological polar surface area (TPSA) is 87.1 Å². The van der Waals surface area contributed by atoms with E-state index in [1.54, 1.807) is 57.2 Å². The molecule has 3 rings (SSSR count). The lowest BCUT2D eigenvalue weighted by atomic mass is 9.82. The summed E-state index contributed by atoms with van der Waals surface area (Å²) in [6.45, 7) is 9.90. The van der Waals surface area contributed by atoms with Gasteiger partial charge >= 0.3 is 0 Å². The summed E-state index contributed by atoms with van der Waals surface area (Å²) < 4.78 is 5.71. The lowest BCUT2D eigenvalue weighted by molar-refractivity contribution is -0.123. The molecule has 6 nitrogen and oxygen atoms in total. The summed E-state index contributed by atoms with van der Waals surface area (Å²) in [5.74, 6) is -0.490. The predicted molar refractivity (Wildman–Crippen MR) is 119 cm³/mol. The predicted octanol–water partition coefficient (Wildman–Crippen LogP) is 4.94. The van der Waals surface area contributed by atoms with Crippen LogP contribution in [0.1, 0.15) is 46.2 Å². The maximum absolute atomic E-state index is 13.2. The highest BCUT2D eigenvalue weighted by molar-refractivity contribution is 6.17. The molecule has 1 atom stereocenters. The minimum absolute atomic E-state index is 0.0104. The number of aromatic hydroxyl groups is 1. The molecule has 2 N–H and O–H groups in total. The van der Waals surface area contributed by atoms with Crippen LogP contribution in [0.4, 0.5) is 5.69 Å². The van der Waals surface area contributed by atoms with Gasteiger partial charge in [0.25, 0.3) is 5.91 Å². The lowest BCUT2D eigenvalue weighted by Gasteiger charge is -2.29. The summed E-state index contributed by atoms with van der Waals surface area (Å²) in [6, 6.07) is 12.5. The number of phenols is 1. The number of anilines is 1. The van der Waals surface area contributed by atoms with Gasteiger partial charge in [-0.3, -0.25) is 14.5 Å². The molecule has 1 unspecified atom stereocenters. The van der Waals surface area contributed by atoms with Crippen molar-refractivity contribution in [1.82, 2.24) is 0 Å². The van der Waals surface area contributed by atoms with Crippen LogP contribution in [-0.2, 0) is 9.59 Å². The van der Waals surface area contributed by atoms with Crippen LogP contribution < -0.4 is 9.64 Å². The van der Waals surface area contributed by atoms with Crippen LogP contribution in [0.25, 0.3) is 0 Å². The van der Waals surface area contributed by atoms with Gasteiger partial charge in [0.2, 0.25) is 0 Å². The van der Waals surface area contributed by atoms with Crippen molar-refractivity contribution >= 4 is 17.4 Å². The van der Waals surface area contributed by atoms with Crippen LogP contribution in [0.2, 0.25) is 0 Å². The van der Waals surface area contributed by atoms with Gasteiger partial charge in [-0.05, 0) is 47.9 Å². The molecule has 0 fully saturated rings. The zero-order chi connectivity index (χ0) is 22.9. The standard InChI is InChI=1S/C25H29NO5/c1-15(2)14-31-19-11-9-17(10-12-19)26-21(16-7-6-8-18(27)13-16)20(22(28)24(26)30)23(29)25(3,4)5/h6-13,15,21,27-28H,14H2,1-5H3. The Morgan fingerprint density at radius 3 is 2.29 bits per heavy atom. The fourth-order valence-electron chi connectivity index (χ4n) is 3.48. The van der Waals surface area contributed by atoms with Crippen LogP contribution in [0.3, 0.4) is 0 Å². The van der Waals surface area contributed by atoms with E-state index in [1.807, 2.05) is 0 Å². The number of hydrogen-bond donors (Lipinski definition) is 2. The van der Waals surface area contributed by atoms with E-state index in [1.165, 1.54) is 17.0 Å². The van der Waals surface area contributed by atoms with Gasteiger partial charge in [-0.2, -0.15) is 0 Å². The molecule has 0 saturated carbocycles. The van der Waals surface area contributed by atoms with E-state index in [-0.39, 0.29) is 17.1 Å². The van der Waals surface area contributed by atoms with Crippen molar-refractivity contribution in [3.05, 3.63) is 65.4 Å². The molecule has 2 aromatic carbocycles. The summed E-state index contributed by atoms with van der Waals surface area (Å²) in [4.78, 5) is 27.7. The smallest absolute Gasteiger partial charge is 0.294 e. The summed E-state index contributed by atoms with van der Waals surface area (Å²) in [6.07, 6.45) is 0. The number of carbonyl (C=O) groups excluding carboxylic acids is 2. The number of ether oxygens (including phenoxy) is 1. The normalized spacial score (nSPS) is 16.9.